The number of carboxylic acids is 1. The summed E-state index contributed by atoms with van der Waals surface area (Å²) in [4.78, 5) is 28.5. The van der Waals surface area contributed by atoms with E-state index in [0.717, 1.165) is 4.90 Å². The van der Waals surface area contributed by atoms with Crippen LogP contribution < -0.4 is 0 Å². The fourth-order valence-electron chi connectivity index (χ4n) is 2.18. The highest BCUT2D eigenvalue weighted by molar-refractivity contribution is 5.96. The second-order valence-electron chi connectivity index (χ2n) is 6.88. The van der Waals surface area contributed by atoms with Crippen LogP contribution in [0.5, 0.6) is 0 Å². The number of aromatic nitrogens is 2. The van der Waals surface area contributed by atoms with Crippen LogP contribution in [0, 0.1) is 5.41 Å². The van der Waals surface area contributed by atoms with Gasteiger partial charge in [-0.25, -0.2) is 0 Å². The molecule has 0 atom stereocenters. The highest BCUT2D eigenvalue weighted by atomic mass is 16.5. The van der Waals surface area contributed by atoms with E-state index in [1.165, 1.54) is 7.05 Å². The van der Waals surface area contributed by atoms with Gasteiger partial charge in [0.2, 0.25) is 11.7 Å². The first-order valence-electron chi connectivity index (χ1n) is 7.56. The molecule has 1 amide bonds. The number of benzene rings is 1. The molecule has 1 aromatic heterocycles. The number of rotatable bonds is 5. The van der Waals surface area contributed by atoms with Crippen LogP contribution in [0.4, 0.5) is 0 Å². The molecule has 24 heavy (non-hydrogen) atoms. The largest absolute Gasteiger partial charge is 0.480 e. The highest BCUT2D eigenvalue weighted by Crippen LogP contribution is 2.23. The van der Waals surface area contributed by atoms with E-state index in [1.54, 1.807) is 24.3 Å². The third-order valence-corrected chi connectivity index (χ3v) is 3.24. The molecule has 0 bridgehead atoms. The first-order chi connectivity index (χ1) is 11.2. The first kappa shape index (κ1) is 17.7. The summed E-state index contributed by atoms with van der Waals surface area (Å²) in [6.45, 7) is 5.87. The molecule has 0 saturated carbocycles. The number of aliphatic carboxylic acids is 1. The van der Waals surface area contributed by atoms with Crippen LogP contribution in [-0.2, 0) is 11.2 Å². The van der Waals surface area contributed by atoms with Crippen molar-refractivity contribution in [3.8, 4) is 11.4 Å². The van der Waals surface area contributed by atoms with Gasteiger partial charge in [0.1, 0.15) is 6.54 Å². The molecule has 0 aliphatic heterocycles. The van der Waals surface area contributed by atoms with Crippen molar-refractivity contribution in [1.82, 2.24) is 15.0 Å². The summed E-state index contributed by atoms with van der Waals surface area (Å²) in [5.41, 5.74) is 1.05. The van der Waals surface area contributed by atoms with Crippen LogP contribution in [0.3, 0.4) is 0 Å². The van der Waals surface area contributed by atoms with E-state index >= 15 is 0 Å². The van der Waals surface area contributed by atoms with Gasteiger partial charge in [0.15, 0.2) is 0 Å². The molecular formula is C17H21N3O4. The van der Waals surface area contributed by atoms with Gasteiger partial charge >= 0.3 is 5.97 Å². The zero-order valence-corrected chi connectivity index (χ0v) is 14.2. The van der Waals surface area contributed by atoms with Crippen LogP contribution in [-0.4, -0.2) is 45.6 Å². The van der Waals surface area contributed by atoms with Gasteiger partial charge in [-0.15, -0.1) is 0 Å². The second kappa shape index (κ2) is 6.82. The Balaban J connectivity index is 2.21. The maximum absolute atomic E-state index is 12.3. The van der Waals surface area contributed by atoms with Gasteiger partial charge < -0.3 is 14.5 Å². The number of carboxylic acid groups (broad SMARTS) is 1. The zero-order valence-electron chi connectivity index (χ0n) is 14.2. The minimum atomic E-state index is -1.06. The summed E-state index contributed by atoms with van der Waals surface area (Å²) < 4.78 is 5.26. The minimum absolute atomic E-state index is 0.0289. The van der Waals surface area contributed by atoms with Crippen LogP contribution >= 0.6 is 0 Å². The third kappa shape index (κ3) is 4.65. The van der Waals surface area contributed by atoms with Gasteiger partial charge in [-0.05, 0) is 17.5 Å². The van der Waals surface area contributed by atoms with Crippen molar-refractivity contribution in [3.05, 3.63) is 35.7 Å². The summed E-state index contributed by atoms with van der Waals surface area (Å²) in [5.74, 6) is -0.494. The SMILES string of the molecule is CN(CC(=O)O)C(=O)c1cccc(-c2noc(CC(C)(C)C)n2)c1. The predicted octanol–water partition coefficient (Wildman–Crippen LogP) is 2.48. The van der Waals surface area contributed by atoms with Crippen molar-refractivity contribution < 1.29 is 19.2 Å². The van der Waals surface area contributed by atoms with Crippen molar-refractivity contribution in [2.24, 2.45) is 5.41 Å². The fourth-order valence-corrected chi connectivity index (χ4v) is 2.18. The molecule has 1 N–H and O–H groups in total. The van der Waals surface area contributed by atoms with Crippen molar-refractivity contribution >= 4 is 11.9 Å². The topological polar surface area (TPSA) is 96.5 Å². The van der Waals surface area contributed by atoms with E-state index in [0.29, 0.717) is 29.3 Å². The quantitative estimate of drug-likeness (QED) is 0.904. The van der Waals surface area contributed by atoms with E-state index in [2.05, 4.69) is 30.9 Å². The highest BCUT2D eigenvalue weighted by Gasteiger charge is 2.19. The summed E-state index contributed by atoms with van der Waals surface area (Å²) in [7, 11) is 1.44. The standard InChI is InChI=1S/C17H21N3O4/c1-17(2,3)9-13-18-15(19-24-13)11-6-5-7-12(8-11)16(23)20(4)10-14(21)22/h5-8H,9-10H2,1-4H3,(H,21,22). The smallest absolute Gasteiger partial charge is 0.323 e. The molecular weight excluding hydrogens is 310 g/mol. The van der Waals surface area contributed by atoms with Gasteiger partial charge in [0, 0.05) is 24.6 Å². The molecule has 0 saturated heterocycles. The lowest BCUT2D eigenvalue weighted by Crippen LogP contribution is -2.31. The second-order valence-corrected chi connectivity index (χ2v) is 6.88. The Bertz CT molecular complexity index is 746. The van der Waals surface area contributed by atoms with Crippen LogP contribution in [0.25, 0.3) is 11.4 Å². The Morgan fingerprint density at radius 1 is 1.29 bits per heavy atom. The monoisotopic (exact) mass is 331 g/mol. The summed E-state index contributed by atoms with van der Waals surface area (Å²) in [6.07, 6.45) is 0.653. The number of carbonyl (C=O) groups is 2. The Morgan fingerprint density at radius 3 is 2.62 bits per heavy atom. The van der Waals surface area contributed by atoms with Gasteiger partial charge in [-0.3, -0.25) is 9.59 Å². The Morgan fingerprint density at radius 2 is 2.00 bits per heavy atom. The molecule has 1 aromatic carbocycles. The maximum Gasteiger partial charge on any atom is 0.323 e. The normalized spacial score (nSPS) is 11.3. The van der Waals surface area contributed by atoms with Crippen LogP contribution in [0.15, 0.2) is 28.8 Å². The molecule has 7 heteroatoms. The lowest BCUT2D eigenvalue weighted by Gasteiger charge is -2.14. The molecule has 0 unspecified atom stereocenters. The summed E-state index contributed by atoms with van der Waals surface area (Å²) in [6, 6.07) is 6.74. The van der Waals surface area contributed by atoms with E-state index in [1.807, 2.05) is 0 Å². The lowest BCUT2D eigenvalue weighted by molar-refractivity contribution is -0.137. The summed E-state index contributed by atoms with van der Waals surface area (Å²) in [5, 5.41) is 12.7. The zero-order chi connectivity index (χ0) is 17.9. The molecule has 0 spiro atoms. The molecule has 0 aliphatic carbocycles. The lowest BCUT2D eigenvalue weighted by atomic mass is 9.92. The number of likely N-dealkylation sites (N-methyl/N-ethyl adjacent to an activating group) is 1. The van der Waals surface area contributed by atoms with Crippen molar-refractivity contribution in [3.63, 3.8) is 0 Å². The predicted molar refractivity (Wildman–Crippen MR) is 87.5 cm³/mol. The number of nitrogens with zero attached hydrogens (tertiary/aromatic N) is 3. The number of hydrogen-bond acceptors (Lipinski definition) is 5. The van der Waals surface area contributed by atoms with E-state index in [-0.39, 0.29) is 17.9 Å². The Labute approximate surface area is 140 Å². The van der Waals surface area contributed by atoms with Crippen LogP contribution in [0.2, 0.25) is 0 Å². The summed E-state index contributed by atoms with van der Waals surface area (Å²) >= 11 is 0. The molecule has 2 aromatic rings. The fraction of sp³-hybridized carbons (Fsp3) is 0.412. The molecule has 7 nitrogen and oxygen atoms in total. The molecule has 1 heterocycles. The maximum atomic E-state index is 12.3. The molecule has 0 aliphatic rings. The van der Waals surface area contributed by atoms with Gasteiger partial charge in [0.25, 0.3) is 5.91 Å². The number of amides is 1. The molecule has 2 rings (SSSR count). The molecule has 128 valence electrons. The molecule has 0 radical (unpaired) electrons. The van der Waals surface area contributed by atoms with E-state index < -0.39 is 5.97 Å². The molecule has 0 fully saturated rings. The van der Waals surface area contributed by atoms with Crippen LogP contribution in [0.1, 0.15) is 37.0 Å². The Hall–Kier alpha value is -2.70. The van der Waals surface area contributed by atoms with E-state index in [4.69, 9.17) is 9.63 Å². The third-order valence-electron chi connectivity index (χ3n) is 3.24. The Kier molecular flexibility index (Phi) is 5.02. The van der Waals surface area contributed by atoms with E-state index in [9.17, 15) is 9.59 Å². The number of hydrogen-bond donors (Lipinski definition) is 1. The number of carbonyl (C=O) groups excluding carboxylic acids is 1. The average molecular weight is 331 g/mol. The average Bonchev–Trinajstić information content (AvgIpc) is 2.92. The van der Waals surface area contributed by atoms with Crippen molar-refractivity contribution in [1.29, 1.82) is 0 Å². The minimum Gasteiger partial charge on any atom is -0.480 e. The first-order valence-corrected chi connectivity index (χ1v) is 7.56. The van der Waals surface area contributed by atoms with Gasteiger partial charge in [-0.1, -0.05) is 38.1 Å². The van der Waals surface area contributed by atoms with Gasteiger partial charge in [0.05, 0.1) is 0 Å². The van der Waals surface area contributed by atoms with Crippen molar-refractivity contribution in [2.75, 3.05) is 13.6 Å². The van der Waals surface area contributed by atoms with Gasteiger partial charge in [-0.2, -0.15) is 4.98 Å². The van der Waals surface area contributed by atoms with Crippen molar-refractivity contribution in [2.45, 2.75) is 27.2 Å².